The Morgan fingerprint density at radius 3 is 1.87 bits per heavy atom. The van der Waals surface area contributed by atoms with E-state index in [0.717, 1.165) is 11.1 Å². The first-order chi connectivity index (χ1) is 10.6. The molecule has 2 aromatic carbocycles. The number of hydrazone groups is 1. The highest BCUT2D eigenvalue weighted by molar-refractivity contribution is 6.30. The molecule has 0 heterocycles. The molecule has 0 spiro atoms. The molecule has 0 saturated heterocycles. The van der Waals surface area contributed by atoms with Gasteiger partial charge in [-0.2, -0.15) is 10.2 Å². The van der Waals surface area contributed by atoms with Crippen molar-refractivity contribution >= 4 is 54.0 Å². The van der Waals surface area contributed by atoms with Crippen LogP contribution in [-0.2, 0) is 0 Å². The standard InChI is InChI=1S/C15H13Cl2N5.ClH/c16-13-5-1-11(2-6-13)9-19-21-15(18)22-20-10-12-3-7-14(17)8-4-12;/h1-10H,(H3,18,21,22);1H. The van der Waals surface area contributed by atoms with Crippen LogP contribution in [0.25, 0.3) is 0 Å². The van der Waals surface area contributed by atoms with Gasteiger partial charge in [0.1, 0.15) is 0 Å². The van der Waals surface area contributed by atoms with E-state index in [4.69, 9.17) is 28.9 Å². The summed E-state index contributed by atoms with van der Waals surface area (Å²) in [5, 5.41) is 12.9. The summed E-state index contributed by atoms with van der Waals surface area (Å²) >= 11 is 11.6. The van der Waals surface area contributed by atoms with E-state index in [9.17, 15) is 0 Å². The number of nitrogens with one attached hydrogen (secondary N) is 1. The number of nitrogens with two attached hydrogens (primary N) is 1. The van der Waals surface area contributed by atoms with Gasteiger partial charge in [-0.15, -0.1) is 17.5 Å². The molecular formula is C15H14Cl3N5. The zero-order valence-corrected chi connectivity index (χ0v) is 14.2. The maximum absolute atomic E-state index is 5.79. The van der Waals surface area contributed by atoms with Gasteiger partial charge in [0.2, 0.25) is 5.96 Å². The zero-order valence-electron chi connectivity index (χ0n) is 11.9. The molecule has 2 aromatic rings. The van der Waals surface area contributed by atoms with Crippen LogP contribution in [0.3, 0.4) is 0 Å². The maximum Gasteiger partial charge on any atom is 0.234 e. The first-order valence-electron chi connectivity index (χ1n) is 6.30. The molecule has 3 N–H and O–H groups in total. The van der Waals surface area contributed by atoms with Crippen LogP contribution in [0.4, 0.5) is 0 Å². The molecule has 0 aliphatic rings. The van der Waals surface area contributed by atoms with E-state index in [0.29, 0.717) is 10.0 Å². The average molecular weight is 371 g/mol. The van der Waals surface area contributed by atoms with Crippen molar-refractivity contribution < 1.29 is 0 Å². The lowest BCUT2D eigenvalue weighted by atomic mass is 10.2. The average Bonchev–Trinajstić information content (AvgIpc) is 2.51. The van der Waals surface area contributed by atoms with Gasteiger partial charge in [0.25, 0.3) is 0 Å². The van der Waals surface area contributed by atoms with Crippen LogP contribution in [0.1, 0.15) is 11.1 Å². The van der Waals surface area contributed by atoms with E-state index >= 15 is 0 Å². The number of hydrogen-bond acceptors (Lipinski definition) is 3. The Morgan fingerprint density at radius 2 is 1.35 bits per heavy atom. The molecular weight excluding hydrogens is 357 g/mol. The minimum Gasteiger partial charge on any atom is -0.367 e. The molecule has 0 atom stereocenters. The normalized spacial score (nSPS) is 11.7. The second kappa shape index (κ2) is 9.84. The summed E-state index contributed by atoms with van der Waals surface area (Å²) < 4.78 is 0. The van der Waals surface area contributed by atoms with Crippen molar-refractivity contribution in [3.8, 4) is 0 Å². The number of guanidine groups is 1. The van der Waals surface area contributed by atoms with Crippen LogP contribution in [0, 0.1) is 0 Å². The van der Waals surface area contributed by atoms with Gasteiger partial charge in [0, 0.05) is 10.0 Å². The van der Waals surface area contributed by atoms with Crippen molar-refractivity contribution in [2.45, 2.75) is 0 Å². The molecule has 0 aromatic heterocycles. The molecule has 0 aliphatic carbocycles. The lowest BCUT2D eigenvalue weighted by Crippen LogP contribution is -2.26. The summed E-state index contributed by atoms with van der Waals surface area (Å²) in [7, 11) is 0. The van der Waals surface area contributed by atoms with Crippen molar-refractivity contribution in [2.75, 3.05) is 0 Å². The smallest absolute Gasteiger partial charge is 0.234 e. The van der Waals surface area contributed by atoms with Crippen LogP contribution in [0.15, 0.2) is 63.8 Å². The quantitative estimate of drug-likeness (QED) is 0.489. The fourth-order valence-electron chi connectivity index (χ4n) is 1.45. The third-order valence-corrected chi connectivity index (χ3v) is 3.01. The summed E-state index contributed by atoms with van der Waals surface area (Å²) in [6.07, 6.45) is 3.16. The number of benzene rings is 2. The van der Waals surface area contributed by atoms with Crippen LogP contribution < -0.4 is 11.2 Å². The molecule has 0 aliphatic heterocycles. The highest BCUT2D eigenvalue weighted by atomic mass is 35.5. The van der Waals surface area contributed by atoms with Crippen molar-refractivity contribution in [3.63, 3.8) is 0 Å². The number of hydrogen-bond donors (Lipinski definition) is 2. The lowest BCUT2D eigenvalue weighted by molar-refractivity contribution is 0.994. The first-order valence-corrected chi connectivity index (χ1v) is 7.06. The number of halogens is 3. The third kappa shape index (κ3) is 7.15. The van der Waals surface area contributed by atoms with E-state index in [-0.39, 0.29) is 18.4 Å². The SMILES string of the molecule is Cl.N/C(=N/N=Cc1ccc(Cl)cc1)NN=Cc1ccc(Cl)cc1. The largest absolute Gasteiger partial charge is 0.367 e. The summed E-state index contributed by atoms with van der Waals surface area (Å²) in [6.45, 7) is 0. The Labute approximate surface area is 150 Å². The molecule has 120 valence electrons. The second-order valence-electron chi connectivity index (χ2n) is 4.20. The van der Waals surface area contributed by atoms with Gasteiger partial charge in [-0.25, -0.2) is 5.43 Å². The van der Waals surface area contributed by atoms with Gasteiger partial charge in [0.15, 0.2) is 0 Å². The molecule has 0 fully saturated rings. The van der Waals surface area contributed by atoms with Crippen molar-refractivity contribution in [2.24, 2.45) is 21.0 Å². The number of nitrogens with zero attached hydrogens (tertiary/aromatic N) is 3. The molecule has 0 radical (unpaired) electrons. The van der Waals surface area contributed by atoms with Gasteiger partial charge in [-0.1, -0.05) is 47.5 Å². The zero-order chi connectivity index (χ0) is 15.8. The van der Waals surface area contributed by atoms with E-state index < -0.39 is 0 Å². The molecule has 0 amide bonds. The van der Waals surface area contributed by atoms with E-state index in [1.54, 1.807) is 36.7 Å². The molecule has 5 nitrogen and oxygen atoms in total. The van der Waals surface area contributed by atoms with Gasteiger partial charge in [-0.3, -0.25) is 0 Å². The Hall–Kier alpha value is -2.08. The molecule has 8 heteroatoms. The molecule has 2 rings (SSSR count). The van der Waals surface area contributed by atoms with E-state index in [1.165, 1.54) is 0 Å². The van der Waals surface area contributed by atoms with Gasteiger partial charge in [-0.05, 0) is 35.4 Å². The molecule has 23 heavy (non-hydrogen) atoms. The Balaban J connectivity index is 0.00000264. The van der Waals surface area contributed by atoms with Crippen molar-refractivity contribution in [1.82, 2.24) is 5.43 Å². The summed E-state index contributed by atoms with van der Waals surface area (Å²) in [4.78, 5) is 0. The highest BCUT2D eigenvalue weighted by Gasteiger charge is 1.90. The molecule has 0 bridgehead atoms. The second-order valence-corrected chi connectivity index (χ2v) is 5.08. The fourth-order valence-corrected chi connectivity index (χ4v) is 1.70. The summed E-state index contributed by atoms with van der Waals surface area (Å²) in [5.74, 6) is 0.0791. The Kier molecular flexibility index (Phi) is 8.11. The van der Waals surface area contributed by atoms with Crippen molar-refractivity contribution in [1.29, 1.82) is 0 Å². The fraction of sp³-hybridized carbons (Fsp3) is 0. The maximum atomic E-state index is 5.79. The molecule has 0 unspecified atom stereocenters. The minimum absolute atomic E-state index is 0. The van der Waals surface area contributed by atoms with Crippen molar-refractivity contribution in [3.05, 3.63) is 69.7 Å². The third-order valence-electron chi connectivity index (χ3n) is 2.51. The van der Waals surface area contributed by atoms with Gasteiger partial charge < -0.3 is 5.73 Å². The van der Waals surface area contributed by atoms with E-state index in [1.807, 2.05) is 24.3 Å². The van der Waals surface area contributed by atoms with Crippen LogP contribution in [-0.4, -0.2) is 18.4 Å². The predicted octanol–water partition coefficient (Wildman–Crippen LogP) is 3.69. The summed E-state index contributed by atoms with van der Waals surface area (Å²) in [6, 6.07) is 14.4. The van der Waals surface area contributed by atoms with Gasteiger partial charge in [0.05, 0.1) is 12.4 Å². The Morgan fingerprint density at radius 1 is 0.870 bits per heavy atom. The lowest BCUT2D eigenvalue weighted by Gasteiger charge is -1.96. The topological polar surface area (TPSA) is 75.1 Å². The molecule has 0 saturated carbocycles. The van der Waals surface area contributed by atoms with E-state index in [2.05, 4.69) is 20.7 Å². The Bertz CT molecular complexity index is 694. The minimum atomic E-state index is 0. The predicted molar refractivity (Wildman–Crippen MR) is 100 cm³/mol. The monoisotopic (exact) mass is 369 g/mol. The highest BCUT2D eigenvalue weighted by Crippen LogP contribution is 2.08. The van der Waals surface area contributed by atoms with Crippen LogP contribution >= 0.6 is 35.6 Å². The number of rotatable bonds is 4. The van der Waals surface area contributed by atoms with Crippen LogP contribution in [0.2, 0.25) is 10.0 Å². The van der Waals surface area contributed by atoms with Crippen LogP contribution in [0.5, 0.6) is 0 Å². The summed E-state index contributed by atoms with van der Waals surface area (Å²) in [5.41, 5.74) is 9.94. The van der Waals surface area contributed by atoms with Gasteiger partial charge >= 0.3 is 0 Å². The first kappa shape index (κ1) is 19.0.